The number of pyridine rings is 1. The fraction of sp³-hybridized carbons (Fsp3) is 0.565. The van der Waals surface area contributed by atoms with Crippen molar-refractivity contribution in [2.75, 3.05) is 39.8 Å². The molecule has 0 aliphatic carbocycles. The normalized spacial score (nSPS) is 24.8. The fourth-order valence-corrected chi connectivity index (χ4v) is 5.00. The Morgan fingerprint density at radius 1 is 1.14 bits per heavy atom. The van der Waals surface area contributed by atoms with Crippen LogP contribution in [0.15, 0.2) is 30.5 Å². The van der Waals surface area contributed by atoms with Crippen LogP contribution in [0.1, 0.15) is 37.3 Å². The largest absolute Gasteiger partial charge is 0.343 e. The summed E-state index contributed by atoms with van der Waals surface area (Å²) in [5.41, 5.74) is 3.91. The van der Waals surface area contributed by atoms with E-state index in [0.29, 0.717) is 12.3 Å². The van der Waals surface area contributed by atoms with Crippen LogP contribution >= 0.6 is 0 Å². The molecule has 2 aliphatic rings. The molecule has 5 nitrogen and oxygen atoms in total. The number of aryl methyl sites for hydroxylation is 1. The number of piperazine rings is 1. The molecule has 2 aromatic rings. The van der Waals surface area contributed by atoms with Crippen LogP contribution in [-0.2, 0) is 11.3 Å². The molecule has 0 radical (unpaired) electrons. The molecule has 0 saturated carbocycles. The van der Waals surface area contributed by atoms with Gasteiger partial charge in [0.15, 0.2) is 0 Å². The molecule has 1 aromatic carbocycles. The van der Waals surface area contributed by atoms with Gasteiger partial charge in [-0.15, -0.1) is 0 Å². The lowest BCUT2D eigenvalue weighted by Crippen LogP contribution is -2.60. The van der Waals surface area contributed by atoms with Crippen molar-refractivity contribution in [2.24, 2.45) is 0 Å². The molecule has 0 N–H and O–H groups in total. The minimum absolute atomic E-state index is 0.106. The van der Waals surface area contributed by atoms with Crippen LogP contribution in [-0.4, -0.2) is 70.9 Å². The summed E-state index contributed by atoms with van der Waals surface area (Å²) in [6.45, 7) is 10.1. The van der Waals surface area contributed by atoms with E-state index in [1.165, 1.54) is 16.5 Å². The first-order valence-electron chi connectivity index (χ1n) is 10.6. The van der Waals surface area contributed by atoms with Crippen molar-refractivity contribution in [1.82, 2.24) is 19.7 Å². The number of aromatic nitrogens is 1. The van der Waals surface area contributed by atoms with E-state index in [-0.39, 0.29) is 5.54 Å². The molecule has 1 spiro atoms. The molecule has 4 rings (SSSR count). The van der Waals surface area contributed by atoms with Gasteiger partial charge in [-0.05, 0) is 57.0 Å². The molecule has 150 valence electrons. The standard InChI is InChI=1S/C23H32N4O/c1-4-27-13-11-23(10-9-22(27)28)17-26(15-14-25(23)3)16-20-18(2)7-8-21-19(20)6-5-12-24-21/h5-8,12H,4,9-11,13-17H2,1-3H3/t23-/m0/s1. The minimum Gasteiger partial charge on any atom is -0.343 e. The van der Waals surface area contributed by atoms with E-state index in [2.05, 4.69) is 53.9 Å². The molecular formula is C23H32N4O. The SMILES string of the molecule is CCN1CC[C@@]2(CCC1=O)CN(Cc1c(C)ccc3ncccc13)CCN2C. The van der Waals surface area contributed by atoms with Gasteiger partial charge in [0, 0.05) is 62.8 Å². The molecule has 3 heterocycles. The number of likely N-dealkylation sites (N-methyl/N-ethyl adjacent to an activating group) is 1. The number of hydrogen-bond acceptors (Lipinski definition) is 4. The minimum atomic E-state index is 0.106. The van der Waals surface area contributed by atoms with Crippen LogP contribution in [0.25, 0.3) is 10.9 Å². The first-order chi connectivity index (χ1) is 13.5. The Kier molecular flexibility index (Phi) is 5.39. The Balaban J connectivity index is 1.58. The molecule has 1 amide bonds. The second-order valence-corrected chi connectivity index (χ2v) is 8.51. The van der Waals surface area contributed by atoms with Crippen molar-refractivity contribution in [3.63, 3.8) is 0 Å². The average Bonchev–Trinajstić information content (AvgIpc) is 2.86. The van der Waals surface area contributed by atoms with E-state index in [9.17, 15) is 4.79 Å². The molecular weight excluding hydrogens is 348 g/mol. The fourth-order valence-electron chi connectivity index (χ4n) is 5.00. The van der Waals surface area contributed by atoms with Gasteiger partial charge < -0.3 is 4.90 Å². The molecule has 2 saturated heterocycles. The highest BCUT2D eigenvalue weighted by Gasteiger charge is 2.42. The Morgan fingerprint density at radius 3 is 2.82 bits per heavy atom. The molecule has 2 fully saturated rings. The van der Waals surface area contributed by atoms with Crippen molar-refractivity contribution < 1.29 is 4.79 Å². The van der Waals surface area contributed by atoms with Crippen molar-refractivity contribution in [3.8, 4) is 0 Å². The molecule has 5 heteroatoms. The number of rotatable bonds is 3. The monoisotopic (exact) mass is 380 g/mol. The lowest BCUT2D eigenvalue weighted by atomic mass is 9.86. The lowest BCUT2D eigenvalue weighted by Gasteiger charge is -2.49. The zero-order chi connectivity index (χ0) is 19.7. The summed E-state index contributed by atoms with van der Waals surface area (Å²) in [4.78, 5) is 24.1. The van der Waals surface area contributed by atoms with Crippen LogP contribution in [0.4, 0.5) is 0 Å². The zero-order valence-electron chi connectivity index (χ0n) is 17.4. The highest BCUT2D eigenvalue weighted by molar-refractivity contribution is 5.83. The molecule has 0 unspecified atom stereocenters. The second-order valence-electron chi connectivity index (χ2n) is 8.51. The van der Waals surface area contributed by atoms with Gasteiger partial charge in [-0.25, -0.2) is 0 Å². The number of carbonyl (C=O) groups is 1. The predicted molar refractivity (Wildman–Crippen MR) is 113 cm³/mol. The van der Waals surface area contributed by atoms with E-state index in [0.717, 1.165) is 57.6 Å². The van der Waals surface area contributed by atoms with Crippen molar-refractivity contribution in [3.05, 3.63) is 41.6 Å². The van der Waals surface area contributed by atoms with Crippen LogP contribution in [0.5, 0.6) is 0 Å². The molecule has 28 heavy (non-hydrogen) atoms. The van der Waals surface area contributed by atoms with E-state index >= 15 is 0 Å². The Hall–Kier alpha value is -1.98. The summed E-state index contributed by atoms with van der Waals surface area (Å²) >= 11 is 0. The molecule has 2 aliphatic heterocycles. The number of benzene rings is 1. The first kappa shape index (κ1) is 19.3. The maximum atomic E-state index is 12.4. The Morgan fingerprint density at radius 2 is 2.00 bits per heavy atom. The second kappa shape index (κ2) is 7.80. The van der Waals surface area contributed by atoms with E-state index in [1.54, 1.807) is 0 Å². The van der Waals surface area contributed by atoms with Crippen LogP contribution < -0.4 is 0 Å². The van der Waals surface area contributed by atoms with Gasteiger partial charge in [0.05, 0.1) is 5.52 Å². The van der Waals surface area contributed by atoms with E-state index in [1.807, 2.05) is 17.2 Å². The summed E-state index contributed by atoms with van der Waals surface area (Å²) in [6.07, 6.45) is 4.57. The Bertz CT molecular complexity index is 867. The van der Waals surface area contributed by atoms with Crippen LogP contribution in [0, 0.1) is 6.92 Å². The van der Waals surface area contributed by atoms with Crippen molar-refractivity contribution in [1.29, 1.82) is 0 Å². The van der Waals surface area contributed by atoms with Crippen molar-refractivity contribution >= 4 is 16.8 Å². The van der Waals surface area contributed by atoms with E-state index in [4.69, 9.17) is 0 Å². The summed E-state index contributed by atoms with van der Waals surface area (Å²) < 4.78 is 0. The smallest absolute Gasteiger partial charge is 0.222 e. The quantitative estimate of drug-likeness (QED) is 0.821. The Labute approximate surface area is 168 Å². The maximum absolute atomic E-state index is 12.4. The third kappa shape index (κ3) is 3.53. The van der Waals surface area contributed by atoms with E-state index < -0.39 is 0 Å². The highest BCUT2D eigenvalue weighted by Crippen LogP contribution is 2.33. The third-order valence-corrected chi connectivity index (χ3v) is 6.98. The van der Waals surface area contributed by atoms with Gasteiger partial charge in [0.1, 0.15) is 0 Å². The maximum Gasteiger partial charge on any atom is 0.222 e. The number of likely N-dealkylation sites (tertiary alicyclic amines) is 1. The number of amides is 1. The van der Waals surface area contributed by atoms with Gasteiger partial charge in [0.2, 0.25) is 5.91 Å². The molecule has 0 bridgehead atoms. The van der Waals surface area contributed by atoms with Gasteiger partial charge in [0.25, 0.3) is 0 Å². The summed E-state index contributed by atoms with van der Waals surface area (Å²) in [6, 6.07) is 8.54. The van der Waals surface area contributed by atoms with Crippen molar-refractivity contribution in [2.45, 2.75) is 45.2 Å². The number of nitrogens with zero attached hydrogens (tertiary/aromatic N) is 4. The van der Waals surface area contributed by atoms with Gasteiger partial charge in [-0.2, -0.15) is 0 Å². The highest BCUT2D eigenvalue weighted by atomic mass is 16.2. The topological polar surface area (TPSA) is 39.7 Å². The molecule has 1 atom stereocenters. The summed E-state index contributed by atoms with van der Waals surface area (Å²) in [5, 5.41) is 1.27. The number of hydrogen-bond donors (Lipinski definition) is 0. The molecule has 1 aromatic heterocycles. The average molecular weight is 381 g/mol. The van der Waals surface area contributed by atoms with Crippen LogP contribution in [0.3, 0.4) is 0 Å². The predicted octanol–water partition coefficient (Wildman–Crippen LogP) is 3.06. The van der Waals surface area contributed by atoms with Gasteiger partial charge in [-0.1, -0.05) is 12.1 Å². The summed E-state index contributed by atoms with van der Waals surface area (Å²) in [5.74, 6) is 0.320. The van der Waals surface area contributed by atoms with Gasteiger partial charge >= 0.3 is 0 Å². The third-order valence-electron chi connectivity index (χ3n) is 6.98. The first-order valence-corrected chi connectivity index (χ1v) is 10.6. The van der Waals surface area contributed by atoms with Crippen LogP contribution in [0.2, 0.25) is 0 Å². The number of carbonyl (C=O) groups excluding carboxylic acids is 1. The zero-order valence-corrected chi connectivity index (χ0v) is 17.4. The lowest BCUT2D eigenvalue weighted by molar-refractivity contribution is -0.130. The summed E-state index contributed by atoms with van der Waals surface area (Å²) in [7, 11) is 2.25. The van der Waals surface area contributed by atoms with Gasteiger partial charge in [-0.3, -0.25) is 19.6 Å². The number of fused-ring (bicyclic) bond motifs is 1.